The Morgan fingerprint density at radius 1 is 1.00 bits per heavy atom. The summed E-state index contributed by atoms with van der Waals surface area (Å²) in [6.45, 7) is 3.22. The zero-order chi connectivity index (χ0) is 19.8. The van der Waals surface area contributed by atoms with Crippen molar-refractivity contribution in [1.29, 1.82) is 0 Å². The van der Waals surface area contributed by atoms with Crippen LogP contribution in [0.4, 0.5) is 0 Å². The number of esters is 1. The Balaban J connectivity index is 2.03. The molecule has 0 aliphatic heterocycles. The predicted octanol–water partition coefficient (Wildman–Crippen LogP) is 4.92. The van der Waals surface area contributed by atoms with E-state index >= 15 is 0 Å². The summed E-state index contributed by atoms with van der Waals surface area (Å²) in [5, 5.41) is -0.476. The number of Topliss-reactive ketones (excluding diaryl/α,β-unsaturated/α-hetero) is 1. The SMILES string of the molecule is CCOC(=O)C(CC(=O)c1ccc(Oc2ccc(Cl)cc2)cc1)SC(C)=O. The number of carbonyl (C=O) groups excluding carboxylic acids is 3. The summed E-state index contributed by atoms with van der Waals surface area (Å²) >= 11 is 6.64. The molecule has 0 heterocycles. The molecule has 2 aromatic rings. The normalized spacial score (nSPS) is 11.5. The third-order valence-electron chi connectivity index (χ3n) is 3.45. The summed E-state index contributed by atoms with van der Waals surface area (Å²) in [5.74, 6) is 0.376. The minimum absolute atomic E-state index is 0.111. The van der Waals surface area contributed by atoms with E-state index in [0.717, 1.165) is 11.8 Å². The molecular formula is C20H19ClO5S. The molecule has 0 aromatic heterocycles. The van der Waals surface area contributed by atoms with Gasteiger partial charge in [0.25, 0.3) is 0 Å². The van der Waals surface area contributed by atoms with Crippen LogP contribution in [-0.2, 0) is 14.3 Å². The lowest BCUT2D eigenvalue weighted by Gasteiger charge is -2.13. The molecule has 0 radical (unpaired) electrons. The molecule has 7 heteroatoms. The number of thioether (sulfide) groups is 1. The van der Waals surface area contributed by atoms with Crippen molar-refractivity contribution in [1.82, 2.24) is 0 Å². The molecule has 142 valence electrons. The number of hydrogen-bond donors (Lipinski definition) is 0. The first-order chi connectivity index (χ1) is 12.9. The highest BCUT2D eigenvalue weighted by Gasteiger charge is 2.26. The molecule has 0 bridgehead atoms. The Labute approximate surface area is 167 Å². The number of ketones is 1. The minimum atomic E-state index is -0.847. The lowest BCUT2D eigenvalue weighted by molar-refractivity contribution is -0.142. The molecule has 0 aliphatic carbocycles. The average Bonchev–Trinajstić information content (AvgIpc) is 2.63. The Bertz CT molecular complexity index is 802. The molecule has 0 amide bonds. The lowest BCUT2D eigenvalue weighted by Crippen LogP contribution is -2.24. The molecule has 5 nitrogen and oxygen atoms in total. The van der Waals surface area contributed by atoms with Gasteiger partial charge in [-0.1, -0.05) is 23.4 Å². The van der Waals surface area contributed by atoms with Gasteiger partial charge in [0.05, 0.1) is 6.61 Å². The van der Waals surface area contributed by atoms with Gasteiger partial charge in [0.1, 0.15) is 16.7 Å². The van der Waals surface area contributed by atoms with E-state index in [9.17, 15) is 14.4 Å². The van der Waals surface area contributed by atoms with Crippen LogP contribution in [0.1, 0.15) is 30.6 Å². The summed E-state index contributed by atoms with van der Waals surface area (Å²) in [6, 6.07) is 13.5. The number of halogens is 1. The molecule has 1 atom stereocenters. The van der Waals surface area contributed by atoms with E-state index < -0.39 is 11.2 Å². The first-order valence-electron chi connectivity index (χ1n) is 8.29. The second-order valence-electron chi connectivity index (χ2n) is 5.56. The van der Waals surface area contributed by atoms with Crippen molar-refractivity contribution in [2.45, 2.75) is 25.5 Å². The van der Waals surface area contributed by atoms with Crippen molar-refractivity contribution >= 4 is 40.2 Å². The van der Waals surface area contributed by atoms with Gasteiger partial charge in [-0.3, -0.25) is 14.4 Å². The summed E-state index contributed by atoms with van der Waals surface area (Å²) in [4.78, 5) is 35.8. The first kappa shape index (κ1) is 21.0. The van der Waals surface area contributed by atoms with Crippen LogP contribution in [0.2, 0.25) is 5.02 Å². The van der Waals surface area contributed by atoms with E-state index in [1.807, 2.05) is 0 Å². The Kier molecular flexibility index (Phi) is 7.88. The van der Waals surface area contributed by atoms with Gasteiger partial charge >= 0.3 is 5.97 Å². The van der Waals surface area contributed by atoms with Crippen LogP contribution in [-0.4, -0.2) is 28.7 Å². The molecule has 1 unspecified atom stereocenters. The number of carbonyl (C=O) groups is 3. The maximum Gasteiger partial charge on any atom is 0.319 e. The minimum Gasteiger partial charge on any atom is -0.465 e. The largest absolute Gasteiger partial charge is 0.465 e. The van der Waals surface area contributed by atoms with Gasteiger partial charge in [-0.15, -0.1) is 0 Å². The van der Waals surface area contributed by atoms with E-state index in [4.69, 9.17) is 21.1 Å². The molecule has 0 spiro atoms. The zero-order valence-corrected chi connectivity index (χ0v) is 16.5. The molecular weight excluding hydrogens is 388 g/mol. The second kappa shape index (κ2) is 10.1. The van der Waals surface area contributed by atoms with Gasteiger partial charge in [0.2, 0.25) is 0 Å². The van der Waals surface area contributed by atoms with E-state index in [2.05, 4.69) is 0 Å². The van der Waals surface area contributed by atoms with E-state index in [1.165, 1.54) is 6.92 Å². The number of ether oxygens (including phenoxy) is 2. The summed E-state index contributed by atoms with van der Waals surface area (Å²) in [5.41, 5.74) is 0.428. The molecule has 0 N–H and O–H groups in total. The van der Waals surface area contributed by atoms with Gasteiger partial charge in [-0.25, -0.2) is 0 Å². The van der Waals surface area contributed by atoms with Crippen LogP contribution in [0, 0.1) is 0 Å². The van der Waals surface area contributed by atoms with Gasteiger partial charge in [0, 0.05) is 23.9 Å². The fourth-order valence-electron chi connectivity index (χ4n) is 2.24. The Hall–Kier alpha value is -2.31. The fourth-order valence-corrected chi connectivity index (χ4v) is 3.17. The van der Waals surface area contributed by atoms with E-state index in [-0.39, 0.29) is 23.9 Å². The van der Waals surface area contributed by atoms with Crippen LogP contribution in [0.5, 0.6) is 11.5 Å². The van der Waals surface area contributed by atoms with Crippen LogP contribution in [0.3, 0.4) is 0 Å². The van der Waals surface area contributed by atoms with Crippen LogP contribution in [0.25, 0.3) is 0 Å². The van der Waals surface area contributed by atoms with Crippen LogP contribution >= 0.6 is 23.4 Å². The van der Waals surface area contributed by atoms with Crippen molar-refractivity contribution in [2.75, 3.05) is 6.61 Å². The van der Waals surface area contributed by atoms with Gasteiger partial charge < -0.3 is 9.47 Å². The summed E-state index contributed by atoms with van der Waals surface area (Å²) in [6.07, 6.45) is -0.111. The zero-order valence-electron chi connectivity index (χ0n) is 14.9. The summed E-state index contributed by atoms with van der Waals surface area (Å²) < 4.78 is 10.6. The predicted molar refractivity (Wildman–Crippen MR) is 106 cm³/mol. The van der Waals surface area contributed by atoms with Gasteiger partial charge in [0.15, 0.2) is 10.9 Å². The monoisotopic (exact) mass is 406 g/mol. The maximum atomic E-state index is 12.5. The molecule has 2 rings (SSSR count). The molecule has 0 saturated carbocycles. The number of rotatable bonds is 8. The lowest BCUT2D eigenvalue weighted by atomic mass is 10.1. The second-order valence-corrected chi connectivity index (χ2v) is 7.37. The van der Waals surface area contributed by atoms with Crippen molar-refractivity contribution in [3.05, 3.63) is 59.1 Å². The van der Waals surface area contributed by atoms with Crippen LogP contribution in [0.15, 0.2) is 48.5 Å². The van der Waals surface area contributed by atoms with Crippen LogP contribution < -0.4 is 4.74 Å². The van der Waals surface area contributed by atoms with Crippen molar-refractivity contribution < 1.29 is 23.9 Å². The van der Waals surface area contributed by atoms with Crippen molar-refractivity contribution in [3.8, 4) is 11.5 Å². The molecule has 0 fully saturated rings. The Morgan fingerprint density at radius 2 is 1.56 bits per heavy atom. The first-order valence-corrected chi connectivity index (χ1v) is 9.55. The van der Waals surface area contributed by atoms with Gasteiger partial charge in [-0.05, 0) is 55.5 Å². The highest BCUT2D eigenvalue weighted by Crippen LogP contribution is 2.25. The number of hydrogen-bond acceptors (Lipinski definition) is 6. The topological polar surface area (TPSA) is 69.7 Å². The Morgan fingerprint density at radius 3 is 2.07 bits per heavy atom. The van der Waals surface area contributed by atoms with Crippen molar-refractivity contribution in [3.63, 3.8) is 0 Å². The highest BCUT2D eigenvalue weighted by molar-refractivity contribution is 8.14. The average molecular weight is 407 g/mol. The standard InChI is InChI=1S/C20H19ClO5S/c1-3-25-20(24)19(27-13(2)22)12-18(23)14-4-8-16(9-5-14)26-17-10-6-15(21)7-11-17/h4-11,19H,3,12H2,1-2H3. The molecule has 0 aliphatic rings. The molecule has 0 saturated heterocycles. The van der Waals surface area contributed by atoms with Crippen molar-refractivity contribution in [2.24, 2.45) is 0 Å². The number of benzene rings is 2. The maximum absolute atomic E-state index is 12.5. The fraction of sp³-hybridized carbons (Fsp3) is 0.250. The third kappa shape index (κ3) is 6.73. The summed E-state index contributed by atoms with van der Waals surface area (Å²) in [7, 11) is 0. The quantitative estimate of drug-likeness (QED) is 0.458. The third-order valence-corrected chi connectivity index (χ3v) is 4.68. The smallest absolute Gasteiger partial charge is 0.319 e. The molecule has 27 heavy (non-hydrogen) atoms. The van der Waals surface area contributed by atoms with E-state index in [1.54, 1.807) is 55.5 Å². The van der Waals surface area contributed by atoms with E-state index in [0.29, 0.717) is 22.1 Å². The highest BCUT2D eigenvalue weighted by atomic mass is 35.5. The van der Waals surface area contributed by atoms with Gasteiger partial charge in [-0.2, -0.15) is 0 Å². The molecule has 2 aromatic carbocycles.